The quantitative estimate of drug-likeness (QED) is 0.390. The van der Waals surface area contributed by atoms with Crippen LogP contribution in [0.5, 0.6) is 0 Å². The maximum absolute atomic E-state index is 10.7. The number of hydrogen-bond acceptors (Lipinski definition) is 5. The van der Waals surface area contributed by atoms with E-state index in [-0.39, 0.29) is 11.9 Å². The van der Waals surface area contributed by atoms with Gasteiger partial charge in [-0.3, -0.25) is 0 Å². The standard InChI is InChI=1S/C8H14O2.C7H12O2.C3H4O2/c1-4-5-6-10-8(9)7(2)3;1-3-5-6-9-7(8)4-2;1-2-3(4)5/h2,4-6H2,1,3H3;4H,2-3,5-6H2,1H3;2H,1H2,(H,4,5). The average molecular weight is 342 g/mol. The third kappa shape index (κ3) is 27.9. The van der Waals surface area contributed by atoms with Crippen molar-refractivity contribution in [2.24, 2.45) is 0 Å². The molecule has 0 aliphatic carbocycles. The highest BCUT2D eigenvalue weighted by molar-refractivity contribution is 5.86. The molecule has 0 bridgehead atoms. The molecule has 24 heavy (non-hydrogen) atoms. The number of carboxylic acids is 1. The smallest absolute Gasteiger partial charge is 0.333 e. The molecular weight excluding hydrogens is 312 g/mol. The lowest BCUT2D eigenvalue weighted by Gasteiger charge is -2.01. The van der Waals surface area contributed by atoms with Crippen LogP contribution in [-0.4, -0.2) is 36.2 Å². The second-order valence-corrected chi connectivity index (χ2v) is 4.54. The number of carbonyl (C=O) groups is 3. The van der Waals surface area contributed by atoms with Gasteiger partial charge in [0.2, 0.25) is 0 Å². The molecule has 0 radical (unpaired) electrons. The third-order valence-electron chi connectivity index (χ3n) is 2.16. The summed E-state index contributed by atoms with van der Waals surface area (Å²) in [6, 6.07) is 0. The number of carboxylic acid groups (broad SMARTS) is 1. The maximum atomic E-state index is 10.7. The summed E-state index contributed by atoms with van der Waals surface area (Å²) >= 11 is 0. The molecule has 0 aliphatic heterocycles. The molecule has 0 heterocycles. The first-order chi connectivity index (χ1) is 11.3. The molecule has 0 atom stereocenters. The summed E-state index contributed by atoms with van der Waals surface area (Å²) in [5.41, 5.74) is 0.469. The molecule has 0 aliphatic rings. The van der Waals surface area contributed by atoms with Gasteiger partial charge in [0.05, 0.1) is 13.2 Å². The van der Waals surface area contributed by atoms with Crippen LogP contribution in [0.2, 0.25) is 0 Å². The number of ether oxygens (including phenoxy) is 2. The van der Waals surface area contributed by atoms with Crippen LogP contribution in [0.4, 0.5) is 0 Å². The Bertz CT molecular complexity index is 398. The van der Waals surface area contributed by atoms with Gasteiger partial charge in [0, 0.05) is 17.7 Å². The topological polar surface area (TPSA) is 89.9 Å². The molecule has 6 nitrogen and oxygen atoms in total. The van der Waals surface area contributed by atoms with Gasteiger partial charge in [-0.2, -0.15) is 0 Å². The van der Waals surface area contributed by atoms with E-state index in [0.29, 0.717) is 18.8 Å². The summed E-state index contributed by atoms with van der Waals surface area (Å²) in [4.78, 5) is 30.3. The fourth-order valence-electron chi connectivity index (χ4n) is 0.808. The minimum absolute atomic E-state index is 0.284. The van der Waals surface area contributed by atoms with Crippen LogP contribution < -0.4 is 0 Å². The number of aliphatic carboxylic acids is 1. The van der Waals surface area contributed by atoms with Crippen molar-refractivity contribution in [1.82, 2.24) is 0 Å². The van der Waals surface area contributed by atoms with Gasteiger partial charge >= 0.3 is 17.9 Å². The van der Waals surface area contributed by atoms with Crippen LogP contribution in [0.1, 0.15) is 46.5 Å². The van der Waals surface area contributed by atoms with Gasteiger partial charge in [0.1, 0.15) is 0 Å². The van der Waals surface area contributed by atoms with E-state index in [0.717, 1.165) is 31.8 Å². The summed E-state index contributed by atoms with van der Waals surface area (Å²) in [7, 11) is 0. The summed E-state index contributed by atoms with van der Waals surface area (Å²) in [5.74, 6) is -1.60. The fourth-order valence-corrected chi connectivity index (χ4v) is 0.808. The minimum Gasteiger partial charge on any atom is -0.478 e. The molecule has 138 valence electrons. The first kappa shape index (κ1) is 26.5. The lowest BCUT2D eigenvalue weighted by molar-refractivity contribution is -0.139. The zero-order chi connectivity index (χ0) is 19.4. The van der Waals surface area contributed by atoms with E-state index in [1.165, 1.54) is 6.08 Å². The Hall–Kier alpha value is -2.37. The Kier molecular flexibility index (Phi) is 22.8. The van der Waals surface area contributed by atoms with E-state index in [1.54, 1.807) is 6.92 Å². The highest BCUT2D eigenvalue weighted by Crippen LogP contribution is 1.94. The highest BCUT2D eigenvalue weighted by atomic mass is 16.5. The van der Waals surface area contributed by atoms with Gasteiger partial charge in [0.25, 0.3) is 0 Å². The summed E-state index contributed by atoms with van der Waals surface area (Å²) < 4.78 is 9.48. The lowest BCUT2D eigenvalue weighted by Crippen LogP contribution is -2.05. The fraction of sp³-hybridized carbons (Fsp3) is 0.500. The van der Waals surface area contributed by atoms with Crippen molar-refractivity contribution in [3.05, 3.63) is 37.5 Å². The van der Waals surface area contributed by atoms with Crippen molar-refractivity contribution >= 4 is 17.9 Å². The number of unbranched alkanes of at least 4 members (excludes halogenated alkanes) is 2. The predicted molar refractivity (Wildman–Crippen MR) is 94.6 cm³/mol. The van der Waals surface area contributed by atoms with Crippen LogP contribution in [-0.2, 0) is 23.9 Å². The highest BCUT2D eigenvalue weighted by Gasteiger charge is 2.00. The molecule has 1 N–H and O–H groups in total. The zero-order valence-electron chi connectivity index (χ0n) is 15.0. The van der Waals surface area contributed by atoms with Crippen LogP contribution in [0.25, 0.3) is 0 Å². The van der Waals surface area contributed by atoms with Crippen LogP contribution in [0.15, 0.2) is 37.5 Å². The van der Waals surface area contributed by atoms with E-state index in [1.807, 2.05) is 6.92 Å². The van der Waals surface area contributed by atoms with E-state index >= 15 is 0 Å². The Balaban J connectivity index is -0.000000291. The van der Waals surface area contributed by atoms with Gasteiger partial charge in [-0.25, -0.2) is 14.4 Å². The van der Waals surface area contributed by atoms with Crippen LogP contribution in [0, 0.1) is 0 Å². The van der Waals surface area contributed by atoms with E-state index in [4.69, 9.17) is 9.84 Å². The van der Waals surface area contributed by atoms with E-state index in [9.17, 15) is 14.4 Å². The first-order valence-electron chi connectivity index (χ1n) is 7.73. The van der Waals surface area contributed by atoms with Gasteiger partial charge in [-0.05, 0) is 19.8 Å². The van der Waals surface area contributed by atoms with E-state index < -0.39 is 5.97 Å². The molecule has 0 aromatic rings. The Morgan fingerprint density at radius 1 is 0.958 bits per heavy atom. The van der Waals surface area contributed by atoms with Gasteiger partial charge < -0.3 is 14.6 Å². The van der Waals surface area contributed by atoms with Crippen molar-refractivity contribution in [3.63, 3.8) is 0 Å². The zero-order valence-corrected chi connectivity index (χ0v) is 15.0. The van der Waals surface area contributed by atoms with Crippen molar-refractivity contribution in [3.8, 4) is 0 Å². The Labute approximate surface area is 144 Å². The molecule has 0 unspecified atom stereocenters. The second kappa shape index (κ2) is 20.6. The molecular formula is C18H30O6. The van der Waals surface area contributed by atoms with E-state index in [2.05, 4.69) is 31.4 Å². The molecule has 0 rings (SSSR count). The SMILES string of the molecule is C=C(C)C(=O)OCCCC.C=CC(=O)O.C=CC(=O)OCCCC. The predicted octanol–water partition coefficient (Wildman–Crippen LogP) is 3.68. The van der Waals surface area contributed by atoms with Crippen molar-refractivity contribution in [1.29, 1.82) is 0 Å². The largest absolute Gasteiger partial charge is 0.478 e. The Morgan fingerprint density at radius 2 is 1.38 bits per heavy atom. The molecule has 0 amide bonds. The number of carbonyl (C=O) groups excluding carboxylic acids is 2. The average Bonchev–Trinajstić information content (AvgIpc) is 2.56. The number of esters is 2. The minimum atomic E-state index is -0.981. The van der Waals surface area contributed by atoms with Crippen molar-refractivity contribution in [2.45, 2.75) is 46.5 Å². The number of hydrogen-bond donors (Lipinski definition) is 1. The molecule has 0 saturated carbocycles. The number of rotatable bonds is 9. The molecule has 6 heteroatoms. The summed E-state index contributed by atoms with van der Waals surface area (Å²) in [6.45, 7) is 16.5. The normalized spacial score (nSPS) is 8.29. The van der Waals surface area contributed by atoms with Gasteiger partial charge in [-0.15, -0.1) is 0 Å². The second-order valence-electron chi connectivity index (χ2n) is 4.54. The van der Waals surface area contributed by atoms with Gasteiger partial charge in [-0.1, -0.05) is 46.4 Å². The Morgan fingerprint density at radius 3 is 1.67 bits per heavy atom. The summed E-state index contributed by atoms with van der Waals surface area (Å²) in [6.07, 6.45) is 5.96. The molecule has 0 spiro atoms. The molecule has 0 saturated heterocycles. The molecule has 0 aromatic carbocycles. The molecule has 0 aromatic heterocycles. The van der Waals surface area contributed by atoms with Crippen molar-refractivity contribution in [2.75, 3.05) is 13.2 Å². The maximum Gasteiger partial charge on any atom is 0.333 e. The molecule has 0 fully saturated rings. The van der Waals surface area contributed by atoms with Crippen LogP contribution in [0.3, 0.4) is 0 Å². The van der Waals surface area contributed by atoms with Crippen molar-refractivity contribution < 1.29 is 29.0 Å². The first-order valence-corrected chi connectivity index (χ1v) is 7.73. The van der Waals surface area contributed by atoms with Gasteiger partial charge in [0.15, 0.2) is 0 Å². The third-order valence-corrected chi connectivity index (χ3v) is 2.16. The van der Waals surface area contributed by atoms with Crippen LogP contribution >= 0.6 is 0 Å². The monoisotopic (exact) mass is 342 g/mol. The summed E-state index contributed by atoms with van der Waals surface area (Å²) in [5, 5.41) is 7.60. The lowest BCUT2D eigenvalue weighted by atomic mass is 10.3.